The smallest absolute Gasteiger partial charge is 0.254 e. The van der Waals surface area contributed by atoms with Gasteiger partial charge in [-0.3, -0.25) is 14.5 Å². The number of nitrogens with one attached hydrogen (secondary N) is 1. The van der Waals surface area contributed by atoms with Crippen molar-refractivity contribution < 1.29 is 14.0 Å². The Labute approximate surface area is 207 Å². The van der Waals surface area contributed by atoms with Crippen molar-refractivity contribution in [2.24, 2.45) is 11.8 Å². The third kappa shape index (κ3) is 5.43. The van der Waals surface area contributed by atoms with Crippen LogP contribution >= 0.6 is 0 Å². The van der Waals surface area contributed by atoms with Crippen LogP contribution in [0.25, 0.3) is 0 Å². The first kappa shape index (κ1) is 24.0. The van der Waals surface area contributed by atoms with E-state index in [1.807, 2.05) is 35.2 Å². The first-order chi connectivity index (χ1) is 17.1. The highest BCUT2D eigenvalue weighted by molar-refractivity contribution is 5.94. The van der Waals surface area contributed by atoms with Crippen molar-refractivity contribution in [3.8, 4) is 0 Å². The summed E-state index contributed by atoms with van der Waals surface area (Å²) in [6.45, 7) is 3.58. The fraction of sp³-hybridized carbons (Fsp3) is 0.517. The molecule has 35 heavy (non-hydrogen) atoms. The fourth-order valence-electron chi connectivity index (χ4n) is 6.74. The molecule has 0 aliphatic carbocycles. The summed E-state index contributed by atoms with van der Waals surface area (Å²) in [5.41, 5.74) is 1.52. The molecule has 2 amide bonds. The Morgan fingerprint density at radius 2 is 1.80 bits per heavy atom. The zero-order chi connectivity index (χ0) is 24.2. The summed E-state index contributed by atoms with van der Waals surface area (Å²) < 4.78 is 13.9. The van der Waals surface area contributed by atoms with Crippen LogP contribution in [0, 0.1) is 17.7 Å². The first-order valence-electron chi connectivity index (χ1n) is 13.2. The standard InChI is InChI=1S/C29H36FN3O2/c30-24-12-4-10-22(18-24)29(35)33-20-23-11-6-16-32-17-7-13-25(28(23)32)26(33)14-5-15-27(34)31-19-21-8-2-1-3-9-21/h1-4,8-10,12,18,23,25-26,28H,5-7,11,13-17,19-20H2,(H,31,34)/t23-,25+,26+,28-/m0/s1. The number of hydrogen-bond donors (Lipinski definition) is 1. The highest BCUT2D eigenvalue weighted by Gasteiger charge is 2.49. The average molecular weight is 478 g/mol. The van der Waals surface area contributed by atoms with Crippen LogP contribution in [0.3, 0.4) is 0 Å². The Morgan fingerprint density at radius 1 is 1.00 bits per heavy atom. The maximum absolute atomic E-state index is 13.9. The summed E-state index contributed by atoms with van der Waals surface area (Å²) in [6.07, 6.45) is 6.62. The van der Waals surface area contributed by atoms with Gasteiger partial charge in [-0.1, -0.05) is 36.4 Å². The lowest BCUT2D eigenvalue weighted by Crippen LogP contribution is -2.65. The molecule has 0 spiro atoms. The van der Waals surface area contributed by atoms with Crippen LogP contribution in [0.15, 0.2) is 54.6 Å². The molecule has 3 aliphatic heterocycles. The van der Waals surface area contributed by atoms with Gasteiger partial charge in [-0.15, -0.1) is 0 Å². The molecule has 0 aromatic heterocycles. The number of hydrogen-bond acceptors (Lipinski definition) is 3. The van der Waals surface area contributed by atoms with E-state index in [2.05, 4.69) is 10.2 Å². The summed E-state index contributed by atoms with van der Waals surface area (Å²) in [7, 11) is 0. The molecule has 3 fully saturated rings. The summed E-state index contributed by atoms with van der Waals surface area (Å²) >= 11 is 0. The van der Waals surface area contributed by atoms with E-state index in [1.165, 1.54) is 18.6 Å². The van der Waals surface area contributed by atoms with Gasteiger partial charge in [0.25, 0.3) is 5.91 Å². The van der Waals surface area contributed by atoms with Crippen LogP contribution in [-0.2, 0) is 11.3 Å². The number of piperidine rings is 3. The zero-order valence-corrected chi connectivity index (χ0v) is 20.4. The van der Waals surface area contributed by atoms with Crippen molar-refractivity contribution in [1.29, 1.82) is 0 Å². The Morgan fingerprint density at radius 3 is 2.60 bits per heavy atom. The van der Waals surface area contributed by atoms with E-state index in [-0.39, 0.29) is 23.7 Å². The minimum absolute atomic E-state index is 0.0495. The summed E-state index contributed by atoms with van der Waals surface area (Å²) in [6, 6.07) is 16.6. The third-order valence-corrected chi connectivity index (χ3v) is 8.24. The molecule has 3 saturated heterocycles. The van der Waals surface area contributed by atoms with Gasteiger partial charge in [0.15, 0.2) is 0 Å². The molecular formula is C29H36FN3O2. The molecule has 3 heterocycles. The van der Waals surface area contributed by atoms with Crippen molar-refractivity contribution in [3.05, 3.63) is 71.5 Å². The highest BCUT2D eigenvalue weighted by atomic mass is 19.1. The van der Waals surface area contributed by atoms with Crippen molar-refractivity contribution >= 4 is 11.8 Å². The van der Waals surface area contributed by atoms with E-state index in [0.29, 0.717) is 36.4 Å². The van der Waals surface area contributed by atoms with Gasteiger partial charge in [-0.2, -0.15) is 0 Å². The lowest BCUT2D eigenvalue weighted by Gasteiger charge is -2.57. The predicted octanol–water partition coefficient (Wildman–Crippen LogP) is 4.63. The van der Waals surface area contributed by atoms with Crippen molar-refractivity contribution in [2.45, 2.75) is 63.6 Å². The van der Waals surface area contributed by atoms with Gasteiger partial charge in [-0.25, -0.2) is 4.39 Å². The predicted molar refractivity (Wildman–Crippen MR) is 134 cm³/mol. The molecule has 3 aliphatic rings. The van der Waals surface area contributed by atoms with Crippen LogP contribution < -0.4 is 5.32 Å². The lowest BCUT2D eigenvalue weighted by atomic mass is 9.69. The zero-order valence-electron chi connectivity index (χ0n) is 20.4. The lowest BCUT2D eigenvalue weighted by molar-refractivity contribution is -0.121. The molecule has 0 bridgehead atoms. The van der Waals surface area contributed by atoms with Gasteiger partial charge in [0.2, 0.25) is 5.91 Å². The number of rotatable bonds is 7. The molecule has 6 heteroatoms. The van der Waals surface area contributed by atoms with Crippen molar-refractivity contribution in [1.82, 2.24) is 15.1 Å². The minimum Gasteiger partial charge on any atom is -0.352 e. The van der Waals surface area contributed by atoms with Crippen LogP contribution in [0.2, 0.25) is 0 Å². The average Bonchev–Trinajstić information content (AvgIpc) is 2.89. The van der Waals surface area contributed by atoms with Gasteiger partial charge in [0.05, 0.1) is 0 Å². The number of carbonyl (C=O) groups is 2. The van der Waals surface area contributed by atoms with E-state index >= 15 is 0 Å². The first-order valence-corrected chi connectivity index (χ1v) is 13.2. The Balaban J connectivity index is 1.28. The van der Waals surface area contributed by atoms with E-state index in [0.717, 1.165) is 57.3 Å². The van der Waals surface area contributed by atoms with E-state index < -0.39 is 0 Å². The number of benzene rings is 2. The van der Waals surface area contributed by atoms with Gasteiger partial charge < -0.3 is 10.2 Å². The van der Waals surface area contributed by atoms with E-state index in [9.17, 15) is 14.0 Å². The fourth-order valence-corrected chi connectivity index (χ4v) is 6.74. The Hall–Kier alpha value is -2.73. The van der Waals surface area contributed by atoms with Gasteiger partial charge in [-0.05, 0) is 87.2 Å². The maximum Gasteiger partial charge on any atom is 0.254 e. The molecule has 186 valence electrons. The second-order valence-corrected chi connectivity index (χ2v) is 10.4. The summed E-state index contributed by atoms with van der Waals surface area (Å²) in [5.74, 6) is 0.515. The summed E-state index contributed by atoms with van der Waals surface area (Å²) in [4.78, 5) is 30.9. The van der Waals surface area contributed by atoms with E-state index in [1.54, 1.807) is 12.1 Å². The molecule has 5 nitrogen and oxygen atoms in total. The highest BCUT2D eigenvalue weighted by Crippen LogP contribution is 2.43. The molecular weight excluding hydrogens is 441 g/mol. The monoisotopic (exact) mass is 477 g/mol. The summed E-state index contributed by atoms with van der Waals surface area (Å²) in [5, 5.41) is 3.02. The molecule has 0 radical (unpaired) electrons. The number of nitrogens with zero attached hydrogens (tertiary/aromatic N) is 2. The normalized spacial score (nSPS) is 26.1. The molecule has 2 aromatic rings. The number of carbonyl (C=O) groups excluding carboxylic acids is 2. The minimum atomic E-state index is -0.376. The number of halogens is 1. The maximum atomic E-state index is 13.9. The molecule has 0 saturated carbocycles. The van der Waals surface area contributed by atoms with Crippen molar-refractivity contribution in [3.63, 3.8) is 0 Å². The largest absolute Gasteiger partial charge is 0.352 e. The van der Waals surface area contributed by atoms with Crippen LogP contribution in [0.5, 0.6) is 0 Å². The molecule has 0 unspecified atom stereocenters. The van der Waals surface area contributed by atoms with Crippen molar-refractivity contribution in [2.75, 3.05) is 19.6 Å². The van der Waals surface area contributed by atoms with Crippen LogP contribution in [-0.4, -0.2) is 53.3 Å². The Bertz CT molecular complexity index is 1030. The quantitative estimate of drug-likeness (QED) is 0.633. The number of likely N-dealkylation sites (tertiary alicyclic amines) is 1. The molecule has 5 rings (SSSR count). The van der Waals surface area contributed by atoms with E-state index in [4.69, 9.17) is 0 Å². The second-order valence-electron chi connectivity index (χ2n) is 10.4. The Kier molecular flexibility index (Phi) is 7.47. The molecule has 4 atom stereocenters. The second kappa shape index (κ2) is 10.9. The SMILES string of the molecule is O=C(CCC[C@@H]1[C@H]2CCCN3CCC[C@@H](CN1C(=O)c1cccc(F)c1)[C@@H]23)NCc1ccccc1. The van der Waals surface area contributed by atoms with Gasteiger partial charge >= 0.3 is 0 Å². The van der Waals surface area contributed by atoms with Crippen LogP contribution in [0.1, 0.15) is 60.9 Å². The molecule has 2 aromatic carbocycles. The topological polar surface area (TPSA) is 52.7 Å². The van der Waals surface area contributed by atoms with Crippen LogP contribution in [0.4, 0.5) is 4.39 Å². The number of amides is 2. The third-order valence-electron chi connectivity index (χ3n) is 8.24. The van der Waals surface area contributed by atoms with Gasteiger partial charge in [0, 0.05) is 37.2 Å². The molecule has 1 N–H and O–H groups in total. The van der Waals surface area contributed by atoms with Gasteiger partial charge in [0.1, 0.15) is 5.82 Å².